The van der Waals surface area contributed by atoms with Gasteiger partial charge in [-0.25, -0.2) is 4.79 Å². The largest absolute Gasteiger partial charge is 0.494 e. The first-order chi connectivity index (χ1) is 11.8. The van der Waals surface area contributed by atoms with Crippen molar-refractivity contribution in [2.75, 3.05) is 28.3 Å². The Kier molecular flexibility index (Phi) is 5.80. The van der Waals surface area contributed by atoms with E-state index in [1.807, 2.05) is 24.3 Å². The number of nitrogens with one attached hydrogen (secondary N) is 1. The highest BCUT2D eigenvalue weighted by Crippen LogP contribution is 2.27. The summed E-state index contributed by atoms with van der Waals surface area (Å²) in [6.07, 6.45) is 1.71. The number of hydrogen-bond donors (Lipinski definition) is 1. The summed E-state index contributed by atoms with van der Waals surface area (Å²) in [6, 6.07) is 6.66. The Hall–Kier alpha value is -2.83. The van der Waals surface area contributed by atoms with Crippen molar-refractivity contribution in [3.8, 4) is 5.75 Å². The predicted molar refractivity (Wildman–Crippen MR) is 96.4 cm³/mol. The van der Waals surface area contributed by atoms with Crippen molar-refractivity contribution in [3.63, 3.8) is 0 Å². The first-order valence-corrected chi connectivity index (χ1v) is 7.98. The van der Waals surface area contributed by atoms with Gasteiger partial charge < -0.3 is 19.9 Å². The molecule has 7 nitrogen and oxygen atoms in total. The van der Waals surface area contributed by atoms with Gasteiger partial charge in [0.2, 0.25) is 5.91 Å². The van der Waals surface area contributed by atoms with Gasteiger partial charge in [-0.15, -0.1) is 0 Å². The lowest BCUT2D eigenvalue weighted by molar-refractivity contribution is -0.130. The molecule has 25 heavy (non-hydrogen) atoms. The Labute approximate surface area is 147 Å². The van der Waals surface area contributed by atoms with Crippen LogP contribution in [-0.2, 0) is 11.3 Å². The second-order valence-electron chi connectivity index (χ2n) is 6.09. The fraction of sp³-hybridized carbons (Fsp3) is 0.389. The number of carbonyl (C=O) groups excluding carboxylic acids is 2. The average Bonchev–Trinajstić information content (AvgIpc) is 2.60. The van der Waals surface area contributed by atoms with Gasteiger partial charge in [-0.2, -0.15) is 0 Å². The molecule has 0 saturated carbocycles. The highest BCUT2D eigenvalue weighted by molar-refractivity contribution is 5.88. The molecule has 0 unspecified atom stereocenters. The molecule has 134 valence electrons. The standard InChI is InChI=1S/C18H24N4O3/c1-12(17(23)21(2)3)20-18(24)22(4)11-13-8-9-15(25-5)16-14(13)7-6-10-19-16/h6-10,12H,11H2,1-5H3,(H,20,24)/t12-/m0/s1. The van der Waals surface area contributed by atoms with E-state index >= 15 is 0 Å². The minimum Gasteiger partial charge on any atom is -0.494 e. The molecule has 3 amide bonds. The summed E-state index contributed by atoms with van der Waals surface area (Å²) in [4.78, 5) is 31.6. The van der Waals surface area contributed by atoms with Crippen LogP contribution in [0.3, 0.4) is 0 Å². The van der Waals surface area contributed by atoms with Gasteiger partial charge in [0.25, 0.3) is 0 Å². The van der Waals surface area contributed by atoms with Crippen LogP contribution in [0.25, 0.3) is 10.9 Å². The molecule has 0 radical (unpaired) electrons. The molecule has 1 N–H and O–H groups in total. The van der Waals surface area contributed by atoms with Crippen molar-refractivity contribution in [2.45, 2.75) is 19.5 Å². The van der Waals surface area contributed by atoms with Gasteiger partial charge >= 0.3 is 6.03 Å². The molecular formula is C18H24N4O3. The zero-order valence-electron chi connectivity index (χ0n) is 15.2. The van der Waals surface area contributed by atoms with Gasteiger partial charge in [0, 0.05) is 39.3 Å². The maximum atomic E-state index is 12.3. The number of rotatable bonds is 5. The van der Waals surface area contributed by atoms with E-state index in [2.05, 4.69) is 10.3 Å². The Morgan fingerprint density at radius 1 is 1.24 bits per heavy atom. The van der Waals surface area contributed by atoms with Gasteiger partial charge in [-0.05, 0) is 24.6 Å². The number of hydrogen-bond acceptors (Lipinski definition) is 4. The van der Waals surface area contributed by atoms with Crippen LogP contribution in [0.2, 0.25) is 0 Å². The quantitative estimate of drug-likeness (QED) is 0.898. The molecular weight excluding hydrogens is 320 g/mol. The molecule has 0 fully saturated rings. The van der Waals surface area contributed by atoms with Crippen LogP contribution < -0.4 is 10.1 Å². The van der Waals surface area contributed by atoms with Crippen LogP contribution in [0.5, 0.6) is 5.75 Å². The predicted octanol–water partition coefficient (Wildman–Crippen LogP) is 1.86. The fourth-order valence-electron chi connectivity index (χ4n) is 2.58. The summed E-state index contributed by atoms with van der Waals surface area (Å²) in [6.45, 7) is 2.06. The van der Waals surface area contributed by atoms with E-state index in [1.54, 1.807) is 41.4 Å². The summed E-state index contributed by atoms with van der Waals surface area (Å²) >= 11 is 0. The van der Waals surface area contributed by atoms with Crippen molar-refractivity contribution in [3.05, 3.63) is 36.0 Å². The molecule has 0 aliphatic rings. The van der Waals surface area contributed by atoms with Crippen LogP contribution >= 0.6 is 0 Å². The van der Waals surface area contributed by atoms with Crippen molar-refractivity contribution < 1.29 is 14.3 Å². The molecule has 0 bridgehead atoms. The van der Waals surface area contributed by atoms with Gasteiger partial charge in [0.15, 0.2) is 0 Å². The third-order valence-corrected chi connectivity index (χ3v) is 3.95. The van der Waals surface area contributed by atoms with E-state index in [9.17, 15) is 9.59 Å². The van der Waals surface area contributed by atoms with Crippen LogP contribution in [0.4, 0.5) is 4.79 Å². The van der Waals surface area contributed by atoms with Gasteiger partial charge in [-0.1, -0.05) is 12.1 Å². The number of urea groups is 1. The van der Waals surface area contributed by atoms with E-state index in [4.69, 9.17) is 4.74 Å². The monoisotopic (exact) mass is 344 g/mol. The number of pyridine rings is 1. The molecule has 0 saturated heterocycles. The van der Waals surface area contributed by atoms with E-state index in [-0.39, 0.29) is 11.9 Å². The second kappa shape index (κ2) is 7.83. The van der Waals surface area contributed by atoms with Gasteiger partial charge in [0.05, 0.1) is 7.11 Å². The van der Waals surface area contributed by atoms with Gasteiger partial charge in [0.1, 0.15) is 17.3 Å². The Morgan fingerprint density at radius 2 is 1.96 bits per heavy atom. The number of nitrogens with zero attached hydrogens (tertiary/aromatic N) is 3. The SMILES string of the molecule is COc1ccc(CN(C)C(=O)N[C@@H](C)C(=O)N(C)C)c2cccnc12. The van der Waals surface area contributed by atoms with Crippen LogP contribution in [0, 0.1) is 0 Å². The molecule has 2 rings (SSSR count). The zero-order valence-corrected chi connectivity index (χ0v) is 15.2. The second-order valence-corrected chi connectivity index (χ2v) is 6.09. The normalized spacial score (nSPS) is 11.7. The van der Waals surface area contributed by atoms with Gasteiger partial charge in [-0.3, -0.25) is 9.78 Å². The molecule has 1 aromatic heterocycles. The van der Waals surface area contributed by atoms with Crippen LogP contribution in [0.1, 0.15) is 12.5 Å². The topological polar surface area (TPSA) is 74.8 Å². The number of amides is 3. The van der Waals surface area contributed by atoms with E-state index in [0.29, 0.717) is 12.3 Å². The lowest BCUT2D eigenvalue weighted by Crippen LogP contribution is -2.48. The maximum Gasteiger partial charge on any atom is 0.318 e. The Balaban J connectivity index is 2.15. The molecule has 1 heterocycles. The smallest absolute Gasteiger partial charge is 0.318 e. The minimum absolute atomic E-state index is 0.152. The molecule has 0 aliphatic carbocycles. The first kappa shape index (κ1) is 18.5. The molecule has 1 atom stereocenters. The van der Waals surface area contributed by atoms with Crippen LogP contribution in [-0.4, -0.2) is 61.0 Å². The number of methoxy groups -OCH3 is 1. The first-order valence-electron chi connectivity index (χ1n) is 7.98. The summed E-state index contributed by atoms with van der Waals surface area (Å²) in [5.41, 5.74) is 1.71. The van der Waals surface area contributed by atoms with Crippen molar-refractivity contribution >= 4 is 22.8 Å². The summed E-state index contributed by atoms with van der Waals surface area (Å²) < 4.78 is 5.34. The van der Waals surface area contributed by atoms with E-state index < -0.39 is 6.04 Å². The van der Waals surface area contributed by atoms with Crippen molar-refractivity contribution in [2.24, 2.45) is 0 Å². The zero-order chi connectivity index (χ0) is 18.6. The number of fused-ring (bicyclic) bond motifs is 1. The summed E-state index contributed by atoms with van der Waals surface area (Å²) in [5.74, 6) is 0.539. The number of likely N-dealkylation sites (N-methyl/N-ethyl adjacent to an activating group) is 1. The van der Waals surface area contributed by atoms with Crippen molar-refractivity contribution in [1.29, 1.82) is 0 Å². The Bertz CT molecular complexity index is 776. The van der Waals surface area contributed by atoms with Crippen molar-refractivity contribution in [1.82, 2.24) is 20.1 Å². The molecule has 1 aromatic carbocycles. The summed E-state index contributed by atoms with van der Waals surface area (Å²) in [7, 11) is 6.61. The lowest BCUT2D eigenvalue weighted by atomic mass is 10.1. The Morgan fingerprint density at radius 3 is 2.60 bits per heavy atom. The van der Waals surface area contributed by atoms with E-state index in [0.717, 1.165) is 16.5 Å². The third-order valence-electron chi connectivity index (χ3n) is 3.95. The maximum absolute atomic E-state index is 12.3. The molecule has 0 aliphatic heterocycles. The number of benzene rings is 1. The van der Waals surface area contributed by atoms with Crippen LogP contribution in [0.15, 0.2) is 30.5 Å². The number of ether oxygens (including phenoxy) is 1. The minimum atomic E-state index is -0.584. The molecule has 2 aromatic rings. The molecule has 0 spiro atoms. The van der Waals surface area contributed by atoms with E-state index in [1.165, 1.54) is 9.80 Å². The number of carbonyl (C=O) groups is 2. The highest BCUT2D eigenvalue weighted by Gasteiger charge is 2.20. The number of aromatic nitrogens is 1. The highest BCUT2D eigenvalue weighted by atomic mass is 16.5. The average molecular weight is 344 g/mol. The molecule has 7 heteroatoms. The third kappa shape index (κ3) is 4.17. The fourth-order valence-corrected chi connectivity index (χ4v) is 2.58. The lowest BCUT2D eigenvalue weighted by Gasteiger charge is -2.23. The summed E-state index contributed by atoms with van der Waals surface area (Å²) in [5, 5.41) is 3.64.